The predicted octanol–water partition coefficient (Wildman–Crippen LogP) is 4.31. The Hall–Kier alpha value is -2.14. The molecule has 1 fully saturated rings. The Kier molecular flexibility index (Phi) is 5.53. The van der Waals surface area contributed by atoms with Gasteiger partial charge in [-0.25, -0.2) is 0 Å². The number of unbranched alkanes of at least 4 members (excludes halogenated alkanes) is 1. The van der Waals surface area contributed by atoms with Crippen molar-refractivity contribution in [1.29, 1.82) is 0 Å². The fraction of sp³-hybridized carbons (Fsp3) is 0.500. The molecule has 0 saturated heterocycles. The first-order chi connectivity index (χ1) is 12.2. The Bertz CT molecular complexity index is 739. The van der Waals surface area contributed by atoms with Gasteiger partial charge in [0.05, 0.1) is 12.3 Å². The number of nitrogens with one attached hydrogen (secondary N) is 1. The lowest BCUT2D eigenvalue weighted by atomic mass is 10.0. The minimum atomic E-state index is -0.704. The molecule has 25 heavy (non-hydrogen) atoms. The minimum absolute atomic E-state index is 0.0719. The first kappa shape index (κ1) is 17.7. The molecular weight excluding hydrogens is 316 g/mol. The van der Waals surface area contributed by atoms with Gasteiger partial charge in [0.2, 0.25) is 0 Å². The molecule has 134 valence electrons. The van der Waals surface area contributed by atoms with Crippen molar-refractivity contribution in [1.82, 2.24) is 4.98 Å². The molecule has 1 aromatic heterocycles. The van der Waals surface area contributed by atoms with Gasteiger partial charge in [-0.3, -0.25) is 9.78 Å². The number of hydrogen-bond acceptors (Lipinski definition) is 4. The van der Waals surface area contributed by atoms with E-state index in [9.17, 15) is 4.79 Å². The van der Waals surface area contributed by atoms with Crippen LogP contribution in [0.15, 0.2) is 30.5 Å². The van der Waals surface area contributed by atoms with E-state index in [2.05, 4.69) is 17.2 Å². The van der Waals surface area contributed by atoms with E-state index in [-0.39, 0.29) is 5.91 Å². The van der Waals surface area contributed by atoms with Crippen LogP contribution >= 0.6 is 0 Å². The number of rotatable bonds is 7. The quantitative estimate of drug-likeness (QED) is 0.762. The molecule has 0 radical (unpaired) electrons. The highest BCUT2D eigenvalue weighted by Crippen LogP contribution is 2.35. The fourth-order valence-corrected chi connectivity index (χ4v) is 3.40. The van der Waals surface area contributed by atoms with Gasteiger partial charge in [0.1, 0.15) is 16.9 Å². The Balaban J connectivity index is 1.87. The SMILES string of the molecule is CCCCOc1ccc(NC(=O)C2(OC)CCCC2)c2cccnc12. The number of pyridine rings is 1. The van der Waals surface area contributed by atoms with Crippen LogP contribution in [0.2, 0.25) is 0 Å². The third-order valence-electron chi connectivity index (χ3n) is 4.95. The van der Waals surface area contributed by atoms with Crippen molar-refractivity contribution >= 4 is 22.5 Å². The number of benzene rings is 1. The van der Waals surface area contributed by atoms with Gasteiger partial charge < -0.3 is 14.8 Å². The number of nitrogens with zero attached hydrogens (tertiary/aromatic N) is 1. The molecule has 1 aromatic carbocycles. The highest BCUT2D eigenvalue weighted by molar-refractivity contribution is 6.05. The Morgan fingerprint density at radius 2 is 2.08 bits per heavy atom. The molecule has 1 aliphatic carbocycles. The van der Waals surface area contributed by atoms with Gasteiger partial charge in [0.15, 0.2) is 0 Å². The molecule has 0 atom stereocenters. The summed E-state index contributed by atoms with van der Waals surface area (Å²) in [7, 11) is 1.62. The van der Waals surface area contributed by atoms with Gasteiger partial charge in [-0.2, -0.15) is 0 Å². The zero-order valence-electron chi connectivity index (χ0n) is 15.0. The van der Waals surface area contributed by atoms with Crippen LogP contribution in [0.1, 0.15) is 45.4 Å². The van der Waals surface area contributed by atoms with E-state index in [0.29, 0.717) is 6.61 Å². The van der Waals surface area contributed by atoms with Gasteiger partial charge in [-0.05, 0) is 56.4 Å². The number of fused-ring (bicyclic) bond motifs is 1. The summed E-state index contributed by atoms with van der Waals surface area (Å²) in [5, 5.41) is 3.94. The van der Waals surface area contributed by atoms with Gasteiger partial charge in [0.25, 0.3) is 5.91 Å². The van der Waals surface area contributed by atoms with E-state index in [1.54, 1.807) is 13.3 Å². The van der Waals surface area contributed by atoms with Crippen molar-refractivity contribution < 1.29 is 14.3 Å². The van der Waals surface area contributed by atoms with Crippen molar-refractivity contribution in [3.63, 3.8) is 0 Å². The first-order valence-corrected chi connectivity index (χ1v) is 9.07. The minimum Gasteiger partial charge on any atom is -0.491 e. The number of anilines is 1. The van der Waals surface area contributed by atoms with Crippen LogP contribution in [0.5, 0.6) is 5.75 Å². The Labute approximate surface area is 148 Å². The van der Waals surface area contributed by atoms with E-state index >= 15 is 0 Å². The van der Waals surface area contributed by atoms with Crippen LogP contribution in [0.4, 0.5) is 5.69 Å². The molecular formula is C20H26N2O3. The number of methoxy groups -OCH3 is 1. The second-order valence-corrected chi connectivity index (χ2v) is 6.57. The zero-order valence-corrected chi connectivity index (χ0v) is 15.0. The van der Waals surface area contributed by atoms with E-state index in [1.165, 1.54) is 0 Å². The molecule has 1 heterocycles. The lowest BCUT2D eigenvalue weighted by Gasteiger charge is -2.26. The summed E-state index contributed by atoms with van der Waals surface area (Å²) in [4.78, 5) is 17.3. The van der Waals surface area contributed by atoms with Crippen LogP contribution < -0.4 is 10.1 Å². The molecule has 3 rings (SSSR count). The van der Waals surface area contributed by atoms with Crippen molar-refractivity contribution in [2.75, 3.05) is 19.0 Å². The normalized spacial score (nSPS) is 16.1. The molecule has 0 bridgehead atoms. The zero-order chi connectivity index (χ0) is 17.7. The summed E-state index contributed by atoms with van der Waals surface area (Å²) in [6.45, 7) is 2.80. The average Bonchev–Trinajstić information content (AvgIpc) is 3.14. The lowest BCUT2D eigenvalue weighted by Crippen LogP contribution is -2.42. The van der Waals surface area contributed by atoms with E-state index in [1.807, 2.05) is 24.3 Å². The van der Waals surface area contributed by atoms with Crippen LogP contribution in [-0.4, -0.2) is 30.2 Å². The summed E-state index contributed by atoms with van der Waals surface area (Å²) >= 11 is 0. The third kappa shape index (κ3) is 3.61. The lowest BCUT2D eigenvalue weighted by molar-refractivity contribution is -0.136. The van der Waals surface area contributed by atoms with Crippen molar-refractivity contribution in [2.45, 2.75) is 51.0 Å². The highest BCUT2D eigenvalue weighted by atomic mass is 16.5. The molecule has 1 amide bonds. The summed E-state index contributed by atoms with van der Waals surface area (Å²) in [5.74, 6) is 0.682. The Morgan fingerprint density at radius 1 is 1.28 bits per heavy atom. The fourth-order valence-electron chi connectivity index (χ4n) is 3.40. The number of carbonyl (C=O) groups excluding carboxylic acids is 1. The number of ether oxygens (including phenoxy) is 2. The van der Waals surface area contributed by atoms with E-state index in [4.69, 9.17) is 9.47 Å². The first-order valence-electron chi connectivity index (χ1n) is 9.07. The van der Waals surface area contributed by atoms with Gasteiger partial charge in [-0.1, -0.05) is 13.3 Å². The molecule has 0 spiro atoms. The number of carbonyl (C=O) groups is 1. The predicted molar refractivity (Wildman–Crippen MR) is 99.0 cm³/mol. The molecule has 5 heteroatoms. The van der Waals surface area contributed by atoms with Gasteiger partial charge in [0, 0.05) is 18.7 Å². The maximum absolute atomic E-state index is 12.8. The number of amides is 1. The topological polar surface area (TPSA) is 60.5 Å². The second-order valence-electron chi connectivity index (χ2n) is 6.57. The van der Waals surface area contributed by atoms with Crippen LogP contribution in [-0.2, 0) is 9.53 Å². The molecule has 5 nitrogen and oxygen atoms in total. The standard InChI is InChI=1S/C20H26N2O3/c1-3-4-14-25-17-10-9-16(15-8-7-13-21-18(15)17)22-19(23)20(24-2)11-5-6-12-20/h7-10,13H,3-6,11-12,14H2,1-2H3,(H,22,23). The molecule has 0 unspecified atom stereocenters. The highest BCUT2D eigenvalue weighted by Gasteiger charge is 2.41. The average molecular weight is 342 g/mol. The second kappa shape index (κ2) is 7.83. The molecule has 2 aromatic rings. The van der Waals surface area contributed by atoms with E-state index in [0.717, 1.165) is 60.9 Å². The van der Waals surface area contributed by atoms with Gasteiger partial charge >= 0.3 is 0 Å². The van der Waals surface area contributed by atoms with Gasteiger partial charge in [-0.15, -0.1) is 0 Å². The van der Waals surface area contributed by atoms with Crippen molar-refractivity contribution in [3.8, 4) is 5.75 Å². The summed E-state index contributed by atoms with van der Waals surface area (Å²) in [6.07, 6.45) is 7.41. The van der Waals surface area contributed by atoms with E-state index < -0.39 is 5.60 Å². The maximum Gasteiger partial charge on any atom is 0.256 e. The summed E-state index contributed by atoms with van der Waals surface area (Å²) in [6, 6.07) is 7.60. The van der Waals surface area contributed by atoms with Crippen LogP contribution in [0.3, 0.4) is 0 Å². The summed E-state index contributed by atoms with van der Waals surface area (Å²) in [5.41, 5.74) is 0.818. The summed E-state index contributed by atoms with van der Waals surface area (Å²) < 4.78 is 11.4. The number of hydrogen-bond donors (Lipinski definition) is 1. The maximum atomic E-state index is 12.8. The number of aromatic nitrogens is 1. The third-order valence-corrected chi connectivity index (χ3v) is 4.95. The Morgan fingerprint density at radius 3 is 2.80 bits per heavy atom. The van der Waals surface area contributed by atoms with Crippen LogP contribution in [0.25, 0.3) is 10.9 Å². The molecule has 1 saturated carbocycles. The smallest absolute Gasteiger partial charge is 0.256 e. The molecule has 1 N–H and O–H groups in total. The van der Waals surface area contributed by atoms with Crippen molar-refractivity contribution in [3.05, 3.63) is 30.5 Å². The van der Waals surface area contributed by atoms with Crippen LogP contribution in [0, 0.1) is 0 Å². The van der Waals surface area contributed by atoms with Crippen molar-refractivity contribution in [2.24, 2.45) is 0 Å². The largest absolute Gasteiger partial charge is 0.491 e. The molecule has 1 aliphatic rings. The monoisotopic (exact) mass is 342 g/mol. The molecule has 0 aliphatic heterocycles.